The normalized spacial score (nSPS) is 16.7. The number of carbonyl (C=O) groups excluding carboxylic acids is 4. The number of carbonyl (C=O) groups is 4. The van der Waals surface area contributed by atoms with Crippen molar-refractivity contribution in [3.05, 3.63) is 35.4 Å². The fraction of sp³-hybridized carbons (Fsp3) is 0.500. The molecule has 0 aromatic heterocycles. The maximum absolute atomic E-state index is 12.4. The summed E-state index contributed by atoms with van der Waals surface area (Å²) in [6.07, 6.45) is -0.00423. The molecule has 2 aliphatic rings. The SMILES string of the molecule is CC(C)(C)OC(=O)N1CCN(CCCN2C(=O)c3ccccc3C2=O)C(=O)C1.[H-].[Na+]. The van der Waals surface area contributed by atoms with Crippen molar-refractivity contribution in [1.29, 1.82) is 0 Å². The van der Waals surface area contributed by atoms with Gasteiger partial charge in [0.25, 0.3) is 11.8 Å². The molecule has 4 amide bonds. The number of rotatable bonds is 4. The van der Waals surface area contributed by atoms with Crippen LogP contribution < -0.4 is 29.6 Å². The van der Waals surface area contributed by atoms with E-state index in [2.05, 4.69) is 0 Å². The second-order valence-electron chi connectivity index (χ2n) is 7.94. The van der Waals surface area contributed by atoms with E-state index in [0.29, 0.717) is 37.2 Å². The summed E-state index contributed by atoms with van der Waals surface area (Å²) in [4.78, 5) is 53.4. The number of hydrogen-bond donors (Lipinski definition) is 0. The molecule has 2 aliphatic heterocycles. The molecule has 0 radical (unpaired) electrons. The molecule has 2 heterocycles. The summed E-state index contributed by atoms with van der Waals surface area (Å²) in [7, 11) is 0. The molecular formula is C20H26N3NaO5. The van der Waals surface area contributed by atoms with E-state index in [1.54, 1.807) is 49.9 Å². The first kappa shape index (κ1) is 23.4. The van der Waals surface area contributed by atoms with Gasteiger partial charge in [0.2, 0.25) is 5.91 Å². The minimum absolute atomic E-state index is 0. The maximum atomic E-state index is 12.4. The van der Waals surface area contributed by atoms with Crippen LogP contribution in [-0.2, 0) is 9.53 Å². The molecule has 8 nitrogen and oxygen atoms in total. The Bertz CT molecular complexity index is 792. The zero-order valence-electron chi connectivity index (χ0n) is 18.4. The summed E-state index contributed by atoms with van der Waals surface area (Å²) < 4.78 is 5.30. The van der Waals surface area contributed by atoms with Crippen molar-refractivity contribution in [3.8, 4) is 0 Å². The van der Waals surface area contributed by atoms with Gasteiger partial charge in [0.05, 0.1) is 11.1 Å². The van der Waals surface area contributed by atoms with Gasteiger partial charge in [-0.1, -0.05) is 12.1 Å². The van der Waals surface area contributed by atoms with E-state index in [1.807, 2.05) is 0 Å². The number of amides is 4. The number of nitrogens with zero attached hydrogens (tertiary/aromatic N) is 3. The van der Waals surface area contributed by atoms with Gasteiger partial charge < -0.3 is 11.1 Å². The summed E-state index contributed by atoms with van der Waals surface area (Å²) in [5.41, 5.74) is 0.244. The number of ether oxygens (including phenoxy) is 1. The molecule has 0 spiro atoms. The molecule has 0 aliphatic carbocycles. The Balaban J connectivity index is 0.00000225. The molecule has 0 unspecified atom stereocenters. The van der Waals surface area contributed by atoms with Gasteiger partial charge in [0.15, 0.2) is 0 Å². The van der Waals surface area contributed by atoms with Gasteiger partial charge in [0.1, 0.15) is 12.1 Å². The molecule has 9 heteroatoms. The van der Waals surface area contributed by atoms with E-state index in [1.165, 1.54) is 9.80 Å². The van der Waals surface area contributed by atoms with Gasteiger partial charge in [-0.15, -0.1) is 0 Å². The van der Waals surface area contributed by atoms with Crippen molar-refractivity contribution in [2.45, 2.75) is 32.8 Å². The zero-order valence-corrected chi connectivity index (χ0v) is 19.4. The van der Waals surface area contributed by atoms with Crippen LogP contribution in [0.1, 0.15) is 49.3 Å². The van der Waals surface area contributed by atoms with E-state index >= 15 is 0 Å². The van der Waals surface area contributed by atoms with Crippen molar-refractivity contribution in [1.82, 2.24) is 14.7 Å². The van der Waals surface area contributed by atoms with Crippen molar-refractivity contribution in [2.24, 2.45) is 0 Å². The molecular weight excluding hydrogens is 385 g/mol. The summed E-state index contributed by atoms with van der Waals surface area (Å²) in [6, 6.07) is 6.76. The predicted molar refractivity (Wildman–Crippen MR) is 102 cm³/mol. The first-order valence-electron chi connectivity index (χ1n) is 9.38. The van der Waals surface area contributed by atoms with E-state index < -0.39 is 11.7 Å². The van der Waals surface area contributed by atoms with E-state index in [0.717, 1.165) is 0 Å². The number of benzene rings is 1. The molecule has 1 saturated heterocycles. The maximum Gasteiger partial charge on any atom is 1.00 e. The first-order valence-corrected chi connectivity index (χ1v) is 9.38. The topological polar surface area (TPSA) is 87.2 Å². The van der Waals surface area contributed by atoms with E-state index in [-0.39, 0.29) is 61.8 Å². The Labute approximate surface area is 193 Å². The van der Waals surface area contributed by atoms with Gasteiger partial charge in [-0.2, -0.15) is 0 Å². The average molecular weight is 411 g/mol. The number of piperazine rings is 1. The summed E-state index contributed by atoms with van der Waals surface area (Å²) in [6.45, 7) is 6.79. The Kier molecular flexibility index (Phi) is 7.48. The second kappa shape index (κ2) is 9.28. The van der Waals surface area contributed by atoms with Crippen molar-refractivity contribution < 1.29 is 54.9 Å². The number of fused-ring (bicyclic) bond motifs is 1. The van der Waals surface area contributed by atoms with Crippen LogP contribution in [0.5, 0.6) is 0 Å². The zero-order chi connectivity index (χ0) is 20.5. The van der Waals surface area contributed by atoms with Gasteiger partial charge in [-0.05, 0) is 39.3 Å². The fourth-order valence-electron chi connectivity index (χ4n) is 3.29. The molecule has 0 saturated carbocycles. The Morgan fingerprint density at radius 3 is 2.14 bits per heavy atom. The third kappa shape index (κ3) is 5.38. The molecule has 0 N–H and O–H groups in total. The average Bonchev–Trinajstić information content (AvgIpc) is 2.86. The van der Waals surface area contributed by atoms with Crippen LogP contribution >= 0.6 is 0 Å². The molecule has 0 atom stereocenters. The van der Waals surface area contributed by atoms with E-state index in [4.69, 9.17) is 4.74 Å². The summed E-state index contributed by atoms with van der Waals surface area (Å²) in [5.74, 6) is -0.747. The summed E-state index contributed by atoms with van der Waals surface area (Å²) >= 11 is 0. The smallest absolute Gasteiger partial charge is 1.00 e. The van der Waals surface area contributed by atoms with Crippen molar-refractivity contribution in [2.75, 3.05) is 32.7 Å². The quantitative estimate of drug-likeness (QED) is 0.462. The monoisotopic (exact) mass is 411 g/mol. The minimum Gasteiger partial charge on any atom is -1.00 e. The first-order chi connectivity index (χ1) is 13.2. The molecule has 152 valence electrons. The second-order valence-corrected chi connectivity index (χ2v) is 7.94. The Morgan fingerprint density at radius 2 is 1.62 bits per heavy atom. The number of hydrogen-bond acceptors (Lipinski definition) is 5. The van der Waals surface area contributed by atoms with Crippen molar-refractivity contribution in [3.63, 3.8) is 0 Å². The fourth-order valence-corrected chi connectivity index (χ4v) is 3.29. The molecule has 1 aromatic carbocycles. The largest absolute Gasteiger partial charge is 1.00 e. The third-order valence-electron chi connectivity index (χ3n) is 4.66. The number of imide groups is 1. The minimum atomic E-state index is -0.607. The summed E-state index contributed by atoms with van der Waals surface area (Å²) in [5, 5.41) is 0. The Hall–Kier alpha value is -1.90. The predicted octanol–water partition coefficient (Wildman–Crippen LogP) is -1.13. The van der Waals surface area contributed by atoms with Crippen LogP contribution in [-0.4, -0.2) is 76.8 Å². The standard InChI is InChI=1S/C20H25N3O5.Na.H/c1-20(2,3)28-19(27)22-12-11-21(16(24)13-22)9-6-10-23-17(25)14-7-4-5-8-15(14)18(23)26;;/h4-5,7-8H,6,9-13H2,1-3H3;;/q;+1;-1. The van der Waals surface area contributed by atoms with Gasteiger partial charge in [-0.3, -0.25) is 24.2 Å². The molecule has 29 heavy (non-hydrogen) atoms. The molecule has 1 fully saturated rings. The Morgan fingerprint density at radius 1 is 1.03 bits per heavy atom. The van der Waals surface area contributed by atoms with Crippen LogP contribution in [0.25, 0.3) is 0 Å². The van der Waals surface area contributed by atoms with Crippen LogP contribution in [0.15, 0.2) is 24.3 Å². The van der Waals surface area contributed by atoms with Crippen LogP contribution in [0.4, 0.5) is 4.79 Å². The van der Waals surface area contributed by atoms with Crippen LogP contribution in [0.3, 0.4) is 0 Å². The van der Waals surface area contributed by atoms with Gasteiger partial charge in [-0.25, -0.2) is 4.79 Å². The third-order valence-corrected chi connectivity index (χ3v) is 4.66. The van der Waals surface area contributed by atoms with E-state index in [9.17, 15) is 19.2 Å². The van der Waals surface area contributed by atoms with Crippen LogP contribution in [0, 0.1) is 0 Å². The van der Waals surface area contributed by atoms with Crippen LogP contribution in [0.2, 0.25) is 0 Å². The van der Waals surface area contributed by atoms with Gasteiger partial charge >= 0.3 is 35.7 Å². The molecule has 1 aromatic rings. The molecule has 0 bridgehead atoms. The van der Waals surface area contributed by atoms with Gasteiger partial charge in [0, 0.05) is 26.2 Å². The van der Waals surface area contributed by atoms with Crippen molar-refractivity contribution >= 4 is 23.8 Å². The molecule has 3 rings (SSSR count).